The van der Waals surface area contributed by atoms with E-state index in [2.05, 4.69) is 4.74 Å². The van der Waals surface area contributed by atoms with Crippen molar-refractivity contribution in [3.8, 4) is 17.2 Å². The Hall–Kier alpha value is -3.63. The molecular formula is C27H24F4O11. The number of benzene rings is 2. The molecule has 0 spiro atoms. The first-order valence-electron chi connectivity index (χ1n) is 12.5. The number of phenolic OH excluding ortho intramolecular Hbond substituents is 2. The SMILES string of the molecule is COc1cccc2c1C(=O)c1c(O)c3c(c(O)c1C2=O)C[C@@](O)(C(C)=O)C[C@@H]3OC1OC(C(F)(F)F)C(O)C(O)C1F. The van der Waals surface area contributed by atoms with Crippen molar-refractivity contribution >= 4 is 17.3 Å². The number of rotatable bonds is 4. The molecule has 1 saturated heterocycles. The molecule has 1 heterocycles. The number of aliphatic hydroxyl groups is 3. The van der Waals surface area contributed by atoms with Crippen LogP contribution >= 0.6 is 0 Å². The van der Waals surface area contributed by atoms with Gasteiger partial charge >= 0.3 is 6.18 Å². The topological polar surface area (TPSA) is 180 Å². The minimum absolute atomic E-state index is 0.0477. The van der Waals surface area contributed by atoms with E-state index in [9.17, 15) is 57.5 Å². The van der Waals surface area contributed by atoms with Crippen LogP contribution in [0.25, 0.3) is 0 Å². The highest BCUT2D eigenvalue weighted by molar-refractivity contribution is 6.31. The molecule has 0 saturated carbocycles. The number of phenols is 2. The van der Waals surface area contributed by atoms with Crippen LogP contribution in [-0.4, -0.2) is 92.5 Å². The summed E-state index contributed by atoms with van der Waals surface area (Å²) in [6, 6.07) is 4.04. The average molecular weight is 600 g/mol. The molecule has 5 rings (SSSR count). The first-order valence-corrected chi connectivity index (χ1v) is 12.5. The lowest BCUT2D eigenvalue weighted by Crippen LogP contribution is -2.61. The lowest BCUT2D eigenvalue weighted by molar-refractivity contribution is -0.353. The summed E-state index contributed by atoms with van der Waals surface area (Å²) in [4.78, 5) is 39.5. The molecule has 226 valence electrons. The molecule has 0 amide bonds. The van der Waals surface area contributed by atoms with Crippen molar-refractivity contribution < 1.29 is 71.7 Å². The highest BCUT2D eigenvalue weighted by atomic mass is 19.4. The Balaban J connectivity index is 1.68. The van der Waals surface area contributed by atoms with Crippen molar-refractivity contribution in [1.82, 2.24) is 0 Å². The van der Waals surface area contributed by atoms with Crippen molar-refractivity contribution in [2.24, 2.45) is 0 Å². The van der Waals surface area contributed by atoms with Crippen molar-refractivity contribution in [3.05, 3.63) is 51.6 Å². The van der Waals surface area contributed by atoms with Crippen molar-refractivity contribution in [1.29, 1.82) is 0 Å². The number of hydrogen-bond donors (Lipinski definition) is 5. The molecule has 15 heteroatoms. The molecule has 7 atom stereocenters. The quantitative estimate of drug-likeness (QED) is 0.217. The Bertz CT molecular complexity index is 1510. The number of hydrogen-bond acceptors (Lipinski definition) is 11. The Labute approximate surface area is 233 Å². The van der Waals surface area contributed by atoms with Crippen molar-refractivity contribution in [2.75, 3.05) is 7.11 Å². The summed E-state index contributed by atoms with van der Waals surface area (Å²) < 4.78 is 70.5. The van der Waals surface area contributed by atoms with Gasteiger partial charge in [0.15, 0.2) is 30.1 Å². The Morgan fingerprint density at radius 3 is 2.29 bits per heavy atom. The van der Waals surface area contributed by atoms with Crippen molar-refractivity contribution in [3.63, 3.8) is 0 Å². The Morgan fingerprint density at radius 2 is 1.69 bits per heavy atom. The summed E-state index contributed by atoms with van der Waals surface area (Å²) in [5.41, 5.74) is -5.24. The van der Waals surface area contributed by atoms with E-state index in [1.165, 1.54) is 25.3 Å². The van der Waals surface area contributed by atoms with Gasteiger partial charge in [-0.05, 0) is 13.0 Å². The summed E-state index contributed by atoms with van der Waals surface area (Å²) in [6.45, 7) is 0.948. The number of halogens is 4. The first kappa shape index (κ1) is 29.8. The molecule has 2 aliphatic carbocycles. The smallest absolute Gasteiger partial charge is 0.417 e. The van der Waals surface area contributed by atoms with E-state index >= 15 is 0 Å². The number of carbonyl (C=O) groups excluding carboxylic acids is 3. The maximum Gasteiger partial charge on any atom is 0.417 e. The van der Waals surface area contributed by atoms with Gasteiger partial charge in [-0.15, -0.1) is 0 Å². The van der Waals surface area contributed by atoms with Crippen LogP contribution in [-0.2, 0) is 20.7 Å². The van der Waals surface area contributed by atoms with Gasteiger partial charge in [0.2, 0.25) is 5.78 Å². The summed E-state index contributed by atoms with van der Waals surface area (Å²) in [5, 5.41) is 53.4. The van der Waals surface area contributed by atoms with E-state index in [1.54, 1.807) is 0 Å². The van der Waals surface area contributed by atoms with Gasteiger partial charge in [0.25, 0.3) is 0 Å². The maximum absolute atomic E-state index is 15.0. The van der Waals surface area contributed by atoms with Crippen LogP contribution in [0.4, 0.5) is 17.6 Å². The fourth-order valence-electron chi connectivity index (χ4n) is 5.67. The highest BCUT2D eigenvalue weighted by Crippen LogP contribution is 2.52. The molecule has 5 unspecified atom stereocenters. The van der Waals surface area contributed by atoms with E-state index in [-0.39, 0.29) is 16.9 Å². The molecule has 0 bridgehead atoms. The molecule has 2 aromatic carbocycles. The van der Waals surface area contributed by atoms with Crippen LogP contribution in [0.3, 0.4) is 0 Å². The molecule has 0 radical (unpaired) electrons. The number of methoxy groups -OCH3 is 1. The Kier molecular flexibility index (Phi) is 7.09. The van der Waals surface area contributed by atoms with Gasteiger partial charge < -0.3 is 39.7 Å². The monoisotopic (exact) mass is 600 g/mol. The fraction of sp³-hybridized carbons (Fsp3) is 0.444. The lowest BCUT2D eigenvalue weighted by Gasteiger charge is -2.43. The third kappa shape index (κ3) is 4.34. The fourth-order valence-corrected chi connectivity index (χ4v) is 5.67. The molecule has 3 aliphatic rings. The van der Waals surface area contributed by atoms with Crippen molar-refractivity contribution in [2.45, 2.75) is 68.4 Å². The molecular weight excluding hydrogens is 576 g/mol. The standard InChI is InChI=1S/C27H24F4O11/c1-8(32)26(39)6-10-14(12(7-26)41-25-17(28)22(37)23(38)24(42-25)27(29,30)31)21(36)16-15(19(10)34)18(33)9-4-3-5-11(40-2)13(9)20(16)35/h3-5,12,17,22-25,34,36-39H,6-7H2,1-2H3/t12-,17?,22?,23?,24?,25?,26-/m0/s1. The summed E-state index contributed by atoms with van der Waals surface area (Å²) >= 11 is 0. The van der Waals surface area contributed by atoms with E-state index < -0.39 is 113 Å². The summed E-state index contributed by atoms with van der Waals surface area (Å²) in [5.74, 6) is -4.78. The predicted octanol–water partition coefficient (Wildman–Crippen LogP) is 1.55. The number of aromatic hydroxyl groups is 2. The summed E-state index contributed by atoms with van der Waals surface area (Å²) in [6.07, 6.45) is -22.6. The number of ketones is 3. The van der Waals surface area contributed by atoms with E-state index in [4.69, 9.17) is 9.47 Å². The summed E-state index contributed by atoms with van der Waals surface area (Å²) in [7, 11) is 1.22. The zero-order valence-electron chi connectivity index (χ0n) is 21.8. The number of carbonyl (C=O) groups is 3. The van der Waals surface area contributed by atoms with Gasteiger partial charge in [0, 0.05) is 29.5 Å². The van der Waals surface area contributed by atoms with Crippen LogP contribution in [0, 0.1) is 0 Å². The van der Waals surface area contributed by atoms with Crippen LogP contribution in [0.1, 0.15) is 62.4 Å². The minimum atomic E-state index is -5.29. The van der Waals surface area contributed by atoms with E-state index in [0.29, 0.717) is 0 Å². The number of fused-ring (bicyclic) bond motifs is 3. The largest absolute Gasteiger partial charge is 0.507 e. The second-order valence-electron chi connectivity index (χ2n) is 10.4. The minimum Gasteiger partial charge on any atom is -0.507 e. The third-order valence-electron chi connectivity index (χ3n) is 7.88. The van der Waals surface area contributed by atoms with Gasteiger partial charge in [0.1, 0.15) is 35.1 Å². The highest BCUT2D eigenvalue weighted by Gasteiger charge is 2.57. The van der Waals surface area contributed by atoms with Crippen LogP contribution in [0.2, 0.25) is 0 Å². The molecule has 5 N–H and O–H groups in total. The van der Waals surface area contributed by atoms with Gasteiger partial charge in [-0.25, -0.2) is 4.39 Å². The van der Waals surface area contributed by atoms with E-state index in [1.807, 2.05) is 0 Å². The first-order chi connectivity index (χ1) is 19.5. The van der Waals surface area contributed by atoms with Gasteiger partial charge in [-0.1, -0.05) is 12.1 Å². The van der Waals surface area contributed by atoms with Crippen LogP contribution < -0.4 is 4.74 Å². The lowest BCUT2D eigenvalue weighted by atomic mass is 9.72. The number of ether oxygens (including phenoxy) is 3. The zero-order valence-corrected chi connectivity index (χ0v) is 21.8. The van der Waals surface area contributed by atoms with Gasteiger partial charge in [0.05, 0.1) is 29.9 Å². The van der Waals surface area contributed by atoms with E-state index in [0.717, 1.165) is 6.92 Å². The second-order valence-corrected chi connectivity index (χ2v) is 10.4. The molecule has 2 aromatic rings. The second kappa shape index (κ2) is 9.98. The number of Topliss-reactive ketones (excluding diaryl/α,β-unsaturated/α-hetero) is 1. The molecule has 0 aromatic heterocycles. The maximum atomic E-state index is 15.0. The predicted molar refractivity (Wildman–Crippen MR) is 129 cm³/mol. The number of alkyl halides is 4. The normalized spacial score (nSPS) is 30.8. The molecule has 1 fully saturated rings. The van der Waals surface area contributed by atoms with Crippen LogP contribution in [0.5, 0.6) is 17.2 Å². The molecule has 11 nitrogen and oxygen atoms in total. The van der Waals surface area contributed by atoms with Crippen LogP contribution in [0.15, 0.2) is 18.2 Å². The third-order valence-corrected chi connectivity index (χ3v) is 7.88. The molecule has 42 heavy (non-hydrogen) atoms. The average Bonchev–Trinajstić information content (AvgIpc) is 2.92. The van der Waals surface area contributed by atoms with Gasteiger partial charge in [-0.3, -0.25) is 14.4 Å². The zero-order chi connectivity index (χ0) is 31.0. The molecule has 1 aliphatic heterocycles. The van der Waals surface area contributed by atoms with Gasteiger partial charge in [-0.2, -0.15) is 13.2 Å². The number of aliphatic hydroxyl groups excluding tert-OH is 2. The Morgan fingerprint density at radius 1 is 1.05 bits per heavy atom.